The molecule has 1 aromatic carbocycles. The summed E-state index contributed by atoms with van der Waals surface area (Å²) in [6.07, 6.45) is 3.70. The Bertz CT molecular complexity index is 361. The van der Waals surface area contributed by atoms with E-state index in [-0.39, 0.29) is 0 Å². The highest BCUT2D eigenvalue weighted by Crippen LogP contribution is 2.15. The lowest BCUT2D eigenvalue weighted by molar-refractivity contribution is 0.267. The van der Waals surface area contributed by atoms with E-state index in [1.54, 1.807) is 0 Å². The molecule has 0 aromatic heterocycles. The predicted octanol–water partition coefficient (Wildman–Crippen LogP) is 2.91. The van der Waals surface area contributed by atoms with Gasteiger partial charge in [-0.05, 0) is 64.1 Å². The van der Waals surface area contributed by atoms with E-state index in [0.29, 0.717) is 0 Å². The third-order valence-electron chi connectivity index (χ3n) is 3.83. The third-order valence-corrected chi connectivity index (χ3v) is 4.08. The fourth-order valence-corrected chi connectivity index (χ4v) is 2.72. The van der Waals surface area contributed by atoms with Gasteiger partial charge in [0, 0.05) is 17.6 Å². The van der Waals surface area contributed by atoms with E-state index in [4.69, 9.17) is 11.6 Å². The molecule has 1 atom stereocenters. The van der Waals surface area contributed by atoms with Crippen LogP contribution in [0.25, 0.3) is 0 Å². The second kappa shape index (κ2) is 6.55. The van der Waals surface area contributed by atoms with Crippen molar-refractivity contribution in [3.05, 3.63) is 34.9 Å². The zero-order valence-corrected chi connectivity index (χ0v) is 12.2. The zero-order chi connectivity index (χ0) is 13.0. The zero-order valence-electron chi connectivity index (χ0n) is 11.4. The molecule has 0 saturated carbocycles. The highest BCUT2D eigenvalue weighted by molar-refractivity contribution is 6.30. The molecule has 0 N–H and O–H groups in total. The number of rotatable bonds is 5. The van der Waals surface area contributed by atoms with Crippen molar-refractivity contribution in [3.8, 4) is 0 Å². The van der Waals surface area contributed by atoms with Crippen molar-refractivity contribution in [2.24, 2.45) is 0 Å². The van der Waals surface area contributed by atoms with Crippen molar-refractivity contribution >= 4 is 11.6 Å². The fourth-order valence-electron chi connectivity index (χ4n) is 2.59. The van der Waals surface area contributed by atoms with Gasteiger partial charge in [0.05, 0.1) is 0 Å². The quantitative estimate of drug-likeness (QED) is 0.809. The SMILES string of the molecule is CN(C)C1CCN(CCCc2ccc(Cl)cc2)C1. The van der Waals surface area contributed by atoms with Gasteiger partial charge in [0.1, 0.15) is 0 Å². The number of nitrogens with zero attached hydrogens (tertiary/aromatic N) is 2. The van der Waals surface area contributed by atoms with Gasteiger partial charge in [-0.2, -0.15) is 0 Å². The molecule has 1 unspecified atom stereocenters. The molecule has 0 spiro atoms. The van der Waals surface area contributed by atoms with Gasteiger partial charge in [0.15, 0.2) is 0 Å². The first-order chi connectivity index (χ1) is 8.65. The normalized spacial score (nSPS) is 20.8. The van der Waals surface area contributed by atoms with Crippen molar-refractivity contribution in [1.82, 2.24) is 9.80 Å². The van der Waals surface area contributed by atoms with Crippen molar-refractivity contribution in [3.63, 3.8) is 0 Å². The molecule has 0 bridgehead atoms. The van der Waals surface area contributed by atoms with E-state index >= 15 is 0 Å². The summed E-state index contributed by atoms with van der Waals surface area (Å²) in [4.78, 5) is 4.93. The van der Waals surface area contributed by atoms with Crippen LogP contribution in [0.1, 0.15) is 18.4 Å². The Balaban J connectivity index is 1.68. The number of hydrogen-bond acceptors (Lipinski definition) is 2. The Hall–Kier alpha value is -0.570. The van der Waals surface area contributed by atoms with E-state index < -0.39 is 0 Å². The summed E-state index contributed by atoms with van der Waals surface area (Å²) in [7, 11) is 4.36. The molecule has 0 radical (unpaired) electrons. The summed E-state index contributed by atoms with van der Waals surface area (Å²) in [5.74, 6) is 0. The van der Waals surface area contributed by atoms with Crippen molar-refractivity contribution < 1.29 is 0 Å². The molecule has 3 heteroatoms. The van der Waals surface area contributed by atoms with E-state index in [2.05, 4.69) is 36.0 Å². The smallest absolute Gasteiger partial charge is 0.0406 e. The molecule has 1 fully saturated rings. The molecule has 2 rings (SSSR count). The lowest BCUT2D eigenvalue weighted by Crippen LogP contribution is -2.31. The second-order valence-electron chi connectivity index (χ2n) is 5.44. The van der Waals surface area contributed by atoms with Crippen LogP contribution in [0.3, 0.4) is 0 Å². The minimum atomic E-state index is 0.750. The van der Waals surface area contributed by atoms with Gasteiger partial charge < -0.3 is 9.80 Å². The molecule has 0 aliphatic carbocycles. The standard InChI is InChI=1S/C15H23ClN2/c1-17(2)15-9-11-18(12-15)10-3-4-13-5-7-14(16)8-6-13/h5-8,15H,3-4,9-12H2,1-2H3. The minimum absolute atomic E-state index is 0.750. The van der Waals surface area contributed by atoms with Crippen LogP contribution in [0, 0.1) is 0 Å². The maximum atomic E-state index is 5.88. The Morgan fingerprint density at radius 1 is 1.28 bits per heavy atom. The summed E-state index contributed by atoms with van der Waals surface area (Å²) < 4.78 is 0. The molecule has 100 valence electrons. The van der Waals surface area contributed by atoms with Gasteiger partial charge in [-0.25, -0.2) is 0 Å². The van der Waals surface area contributed by atoms with Gasteiger partial charge in [-0.1, -0.05) is 23.7 Å². The van der Waals surface area contributed by atoms with E-state index in [1.807, 2.05) is 12.1 Å². The maximum absolute atomic E-state index is 5.88. The average molecular weight is 267 g/mol. The molecule has 18 heavy (non-hydrogen) atoms. The van der Waals surface area contributed by atoms with Crippen LogP contribution in [0.4, 0.5) is 0 Å². The van der Waals surface area contributed by atoms with Gasteiger partial charge in [0.25, 0.3) is 0 Å². The molecule has 0 amide bonds. The number of likely N-dealkylation sites (tertiary alicyclic amines) is 1. The molecular weight excluding hydrogens is 244 g/mol. The number of benzene rings is 1. The first kappa shape index (κ1) is 13.9. The number of likely N-dealkylation sites (N-methyl/N-ethyl adjacent to an activating group) is 1. The second-order valence-corrected chi connectivity index (χ2v) is 5.87. The minimum Gasteiger partial charge on any atom is -0.305 e. The van der Waals surface area contributed by atoms with Crippen LogP contribution in [0.5, 0.6) is 0 Å². The highest BCUT2D eigenvalue weighted by Gasteiger charge is 2.22. The lowest BCUT2D eigenvalue weighted by Gasteiger charge is -2.20. The summed E-state index contributed by atoms with van der Waals surface area (Å²) in [5.41, 5.74) is 1.39. The Labute approximate surface area is 116 Å². The summed E-state index contributed by atoms with van der Waals surface area (Å²) in [6, 6.07) is 8.98. The molecule has 1 saturated heterocycles. The van der Waals surface area contributed by atoms with E-state index in [0.717, 1.165) is 17.5 Å². The van der Waals surface area contributed by atoms with Crippen LogP contribution >= 0.6 is 11.6 Å². The largest absolute Gasteiger partial charge is 0.305 e. The predicted molar refractivity (Wildman–Crippen MR) is 78.3 cm³/mol. The maximum Gasteiger partial charge on any atom is 0.0406 e. The molecule has 1 aliphatic heterocycles. The van der Waals surface area contributed by atoms with E-state index in [1.165, 1.54) is 38.0 Å². The summed E-state index contributed by atoms with van der Waals surface area (Å²) in [6.45, 7) is 3.70. The summed E-state index contributed by atoms with van der Waals surface area (Å²) >= 11 is 5.88. The van der Waals surface area contributed by atoms with Crippen LogP contribution in [0.15, 0.2) is 24.3 Å². The van der Waals surface area contributed by atoms with Crippen LogP contribution in [0.2, 0.25) is 5.02 Å². The first-order valence-corrected chi connectivity index (χ1v) is 7.16. The highest BCUT2D eigenvalue weighted by atomic mass is 35.5. The fraction of sp³-hybridized carbons (Fsp3) is 0.600. The van der Waals surface area contributed by atoms with Gasteiger partial charge in [0.2, 0.25) is 0 Å². The lowest BCUT2D eigenvalue weighted by atomic mass is 10.1. The van der Waals surface area contributed by atoms with Crippen molar-refractivity contribution in [2.75, 3.05) is 33.7 Å². The van der Waals surface area contributed by atoms with Gasteiger partial charge in [-0.15, -0.1) is 0 Å². The van der Waals surface area contributed by atoms with Crippen LogP contribution in [-0.2, 0) is 6.42 Å². The van der Waals surface area contributed by atoms with Crippen LogP contribution < -0.4 is 0 Å². The number of aryl methyl sites for hydroxylation is 1. The third kappa shape index (κ3) is 3.98. The van der Waals surface area contributed by atoms with Crippen LogP contribution in [-0.4, -0.2) is 49.6 Å². The number of hydrogen-bond donors (Lipinski definition) is 0. The van der Waals surface area contributed by atoms with Crippen molar-refractivity contribution in [2.45, 2.75) is 25.3 Å². The molecular formula is C15H23ClN2. The number of halogens is 1. The summed E-state index contributed by atoms with van der Waals surface area (Å²) in [5, 5.41) is 0.826. The van der Waals surface area contributed by atoms with Gasteiger partial charge in [-0.3, -0.25) is 0 Å². The Morgan fingerprint density at radius 3 is 2.61 bits per heavy atom. The topological polar surface area (TPSA) is 6.48 Å². The first-order valence-electron chi connectivity index (χ1n) is 6.78. The van der Waals surface area contributed by atoms with Gasteiger partial charge >= 0.3 is 0 Å². The molecule has 1 aromatic rings. The van der Waals surface area contributed by atoms with Crippen molar-refractivity contribution in [1.29, 1.82) is 0 Å². The monoisotopic (exact) mass is 266 g/mol. The Kier molecular flexibility index (Phi) is 5.04. The van der Waals surface area contributed by atoms with E-state index in [9.17, 15) is 0 Å². The molecule has 1 aliphatic rings. The Morgan fingerprint density at radius 2 is 2.00 bits per heavy atom. The molecule has 1 heterocycles. The average Bonchev–Trinajstić information content (AvgIpc) is 2.81. The molecule has 2 nitrogen and oxygen atoms in total.